The van der Waals surface area contributed by atoms with Crippen LogP contribution in [0, 0.1) is 0 Å². The van der Waals surface area contributed by atoms with E-state index in [1.165, 1.54) is 27.1 Å². The monoisotopic (exact) mass is 284 g/mol. The van der Waals surface area contributed by atoms with Gasteiger partial charge in [-0.15, -0.1) is 0 Å². The van der Waals surface area contributed by atoms with E-state index >= 15 is 0 Å². The Morgan fingerprint density at radius 3 is 1.86 bits per heavy atom. The van der Waals surface area contributed by atoms with Crippen LogP contribution >= 0.6 is 0 Å². The Kier molecular flexibility index (Phi) is 3.24. The minimum absolute atomic E-state index is 0.586. The largest absolute Gasteiger partial charge is 0.489 e. The zero-order valence-electron chi connectivity index (χ0n) is 12.2. The molecule has 0 aliphatic carbocycles. The quantitative estimate of drug-likeness (QED) is 0.477. The minimum Gasteiger partial charge on any atom is -0.489 e. The van der Waals surface area contributed by atoms with Gasteiger partial charge in [0.05, 0.1) is 0 Å². The summed E-state index contributed by atoms with van der Waals surface area (Å²) in [4.78, 5) is 0. The van der Waals surface area contributed by atoms with Gasteiger partial charge in [0.15, 0.2) is 0 Å². The lowest BCUT2D eigenvalue weighted by atomic mass is 10.1. The van der Waals surface area contributed by atoms with Gasteiger partial charge in [0.2, 0.25) is 0 Å². The van der Waals surface area contributed by atoms with Crippen LogP contribution in [-0.4, -0.2) is 0 Å². The smallest absolute Gasteiger partial charge is 0.120 e. The number of hydrogen-bond donors (Lipinski definition) is 0. The van der Waals surface area contributed by atoms with E-state index in [9.17, 15) is 0 Å². The van der Waals surface area contributed by atoms with Crippen molar-refractivity contribution in [1.29, 1.82) is 0 Å². The lowest BCUT2D eigenvalue weighted by Crippen LogP contribution is -1.95. The molecule has 1 nitrogen and oxygen atoms in total. The summed E-state index contributed by atoms with van der Waals surface area (Å²) in [6.45, 7) is 0.586. The van der Waals surface area contributed by atoms with Crippen LogP contribution in [0.3, 0.4) is 0 Å². The summed E-state index contributed by atoms with van der Waals surface area (Å²) in [6.07, 6.45) is 0. The number of ether oxygens (including phenoxy) is 1. The first-order valence-corrected chi connectivity index (χ1v) is 7.48. The van der Waals surface area contributed by atoms with E-state index in [-0.39, 0.29) is 0 Å². The van der Waals surface area contributed by atoms with Crippen LogP contribution in [-0.2, 0) is 6.61 Å². The second-order valence-corrected chi connectivity index (χ2v) is 5.48. The molecule has 0 aromatic heterocycles. The molecule has 0 N–H and O–H groups in total. The summed E-state index contributed by atoms with van der Waals surface area (Å²) in [5.41, 5.74) is 1.19. The highest BCUT2D eigenvalue weighted by atomic mass is 16.5. The van der Waals surface area contributed by atoms with E-state index in [0.717, 1.165) is 5.75 Å². The molecule has 0 heterocycles. The summed E-state index contributed by atoms with van der Waals surface area (Å²) >= 11 is 0. The molecule has 22 heavy (non-hydrogen) atoms. The van der Waals surface area contributed by atoms with Crippen molar-refractivity contribution in [2.45, 2.75) is 6.61 Å². The molecule has 0 bridgehead atoms. The average molecular weight is 284 g/mol. The molecule has 0 aliphatic heterocycles. The molecule has 106 valence electrons. The molecule has 0 spiro atoms. The molecule has 4 aromatic rings. The predicted molar refractivity (Wildman–Crippen MR) is 92.2 cm³/mol. The molecule has 1 heteroatoms. The van der Waals surface area contributed by atoms with Crippen LogP contribution in [0.1, 0.15) is 5.56 Å². The Bertz CT molecular complexity index is 861. The van der Waals surface area contributed by atoms with Gasteiger partial charge in [0.25, 0.3) is 0 Å². The Morgan fingerprint density at radius 2 is 1.14 bits per heavy atom. The van der Waals surface area contributed by atoms with Crippen molar-refractivity contribution in [3.05, 3.63) is 90.5 Å². The molecular weight excluding hydrogens is 268 g/mol. The van der Waals surface area contributed by atoms with Crippen molar-refractivity contribution in [3.63, 3.8) is 0 Å². The standard InChI is InChI=1S/C21H16O/c1-3-7-19-13-16(9-10-17(19)5-1)15-22-21-12-11-18-6-2-4-8-20(18)14-21/h1-14H,15H2. The molecule has 4 rings (SSSR count). The molecule has 0 unspecified atom stereocenters. The zero-order valence-corrected chi connectivity index (χ0v) is 12.2. The van der Waals surface area contributed by atoms with Crippen LogP contribution < -0.4 is 4.74 Å². The maximum Gasteiger partial charge on any atom is 0.120 e. The SMILES string of the molecule is c1ccc2cc(COc3ccc4ccccc4c3)ccc2c1. The van der Waals surface area contributed by atoms with Gasteiger partial charge in [-0.3, -0.25) is 0 Å². The molecule has 0 aliphatic rings. The maximum atomic E-state index is 5.95. The average Bonchev–Trinajstić information content (AvgIpc) is 2.59. The zero-order chi connectivity index (χ0) is 14.8. The third-order valence-corrected chi connectivity index (χ3v) is 3.94. The second-order valence-electron chi connectivity index (χ2n) is 5.48. The van der Waals surface area contributed by atoms with Crippen LogP contribution in [0.15, 0.2) is 84.9 Å². The summed E-state index contributed by atoms with van der Waals surface area (Å²) in [7, 11) is 0. The van der Waals surface area contributed by atoms with E-state index in [4.69, 9.17) is 4.74 Å². The molecule has 0 atom stereocenters. The lowest BCUT2D eigenvalue weighted by molar-refractivity contribution is 0.307. The number of hydrogen-bond acceptors (Lipinski definition) is 1. The Morgan fingerprint density at radius 1 is 0.545 bits per heavy atom. The van der Waals surface area contributed by atoms with Crippen LogP contribution in [0.5, 0.6) is 5.75 Å². The number of rotatable bonds is 3. The van der Waals surface area contributed by atoms with Crippen molar-refractivity contribution in [3.8, 4) is 5.75 Å². The van der Waals surface area contributed by atoms with E-state index in [0.29, 0.717) is 6.61 Å². The Labute approximate surface area is 129 Å². The van der Waals surface area contributed by atoms with Gasteiger partial charge in [-0.05, 0) is 45.3 Å². The van der Waals surface area contributed by atoms with Crippen LogP contribution in [0.4, 0.5) is 0 Å². The van der Waals surface area contributed by atoms with Crippen molar-refractivity contribution < 1.29 is 4.74 Å². The van der Waals surface area contributed by atoms with E-state index in [1.807, 2.05) is 6.07 Å². The first kappa shape index (κ1) is 12.9. The Hall–Kier alpha value is -2.80. The van der Waals surface area contributed by atoms with Crippen molar-refractivity contribution in [1.82, 2.24) is 0 Å². The van der Waals surface area contributed by atoms with Gasteiger partial charge in [0.1, 0.15) is 12.4 Å². The first-order valence-electron chi connectivity index (χ1n) is 7.48. The topological polar surface area (TPSA) is 9.23 Å². The molecule has 4 aromatic carbocycles. The molecular formula is C21H16O. The molecule has 0 saturated heterocycles. The maximum absolute atomic E-state index is 5.95. The van der Waals surface area contributed by atoms with Gasteiger partial charge in [-0.25, -0.2) is 0 Å². The van der Waals surface area contributed by atoms with E-state index in [1.54, 1.807) is 0 Å². The minimum atomic E-state index is 0.586. The second kappa shape index (κ2) is 5.53. The molecule has 0 amide bonds. The highest BCUT2D eigenvalue weighted by Crippen LogP contribution is 2.22. The predicted octanol–water partition coefficient (Wildman–Crippen LogP) is 5.57. The molecule has 0 radical (unpaired) electrons. The summed E-state index contributed by atoms with van der Waals surface area (Å²) < 4.78 is 5.95. The third kappa shape index (κ3) is 2.53. The fourth-order valence-corrected chi connectivity index (χ4v) is 2.75. The first-order chi connectivity index (χ1) is 10.9. The van der Waals surface area contributed by atoms with Gasteiger partial charge in [0, 0.05) is 0 Å². The highest BCUT2D eigenvalue weighted by Gasteiger charge is 2.00. The van der Waals surface area contributed by atoms with E-state index < -0.39 is 0 Å². The van der Waals surface area contributed by atoms with Gasteiger partial charge in [-0.1, -0.05) is 66.7 Å². The number of benzene rings is 4. The fraction of sp³-hybridized carbons (Fsp3) is 0.0476. The lowest BCUT2D eigenvalue weighted by Gasteiger charge is -2.08. The highest BCUT2D eigenvalue weighted by molar-refractivity contribution is 5.84. The van der Waals surface area contributed by atoms with E-state index in [2.05, 4.69) is 78.9 Å². The Balaban J connectivity index is 1.57. The third-order valence-electron chi connectivity index (χ3n) is 3.94. The van der Waals surface area contributed by atoms with Crippen molar-refractivity contribution >= 4 is 21.5 Å². The summed E-state index contributed by atoms with van der Waals surface area (Å²) in [5, 5.41) is 4.96. The normalized spacial score (nSPS) is 10.9. The van der Waals surface area contributed by atoms with Gasteiger partial charge >= 0.3 is 0 Å². The summed E-state index contributed by atoms with van der Waals surface area (Å²) in [6, 6.07) is 29.4. The van der Waals surface area contributed by atoms with Crippen molar-refractivity contribution in [2.24, 2.45) is 0 Å². The van der Waals surface area contributed by atoms with Crippen molar-refractivity contribution in [2.75, 3.05) is 0 Å². The fourth-order valence-electron chi connectivity index (χ4n) is 2.75. The van der Waals surface area contributed by atoms with Crippen LogP contribution in [0.2, 0.25) is 0 Å². The van der Waals surface area contributed by atoms with Gasteiger partial charge < -0.3 is 4.74 Å². The summed E-state index contributed by atoms with van der Waals surface area (Å²) in [5.74, 6) is 0.909. The molecule has 0 saturated carbocycles. The van der Waals surface area contributed by atoms with Gasteiger partial charge in [-0.2, -0.15) is 0 Å². The molecule has 0 fully saturated rings. The van der Waals surface area contributed by atoms with Crippen LogP contribution in [0.25, 0.3) is 21.5 Å². The number of fused-ring (bicyclic) bond motifs is 2.